The molecule has 0 aliphatic heterocycles. The average Bonchev–Trinajstić information content (AvgIpc) is 2.40. The van der Waals surface area contributed by atoms with E-state index in [1.165, 1.54) is 0 Å². The minimum absolute atomic E-state index is 0.0977. The van der Waals surface area contributed by atoms with Gasteiger partial charge in [0.05, 0.1) is 0 Å². The van der Waals surface area contributed by atoms with Gasteiger partial charge in [0.15, 0.2) is 0 Å². The summed E-state index contributed by atoms with van der Waals surface area (Å²) in [6, 6.07) is 1.95. The van der Waals surface area contributed by atoms with Gasteiger partial charge in [0.25, 0.3) is 0 Å². The Hall–Kier alpha value is -0.0300. The lowest BCUT2D eigenvalue weighted by Crippen LogP contribution is -2.08. The standard InChI is InChI=1S/C10H12BrF3S/c1-6-5-8(7(2)15-6)9(11)3-4-10(12,13)14/h5,9H,3-4H2,1-2H3. The lowest BCUT2D eigenvalue weighted by molar-refractivity contribution is -0.135. The molecule has 15 heavy (non-hydrogen) atoms. The van der Waals surface area contributed by atoms with Crippen LogP contribution in [0.15, 0.2) is 6.07 Å². The molecule has 1 aromatic rings. The summed E-state index contributed by atoms with van der Waals surface area (Å²) in [6.45, 7) is 3.90. The Labute approximate surface area is 99.6 Å². The fourth-order valence-corrected chi connectivity index (χ4v) is 3.25. The number of alkyl halides is 4. The third-order valence-corrected chi connectivity index (χ3v) is 4.03. The molecule has 1 aromatic heterocycles. The van der Waals surface area contributed by atoms with Gasteiger partial charge < -0.3 is 0 Å². The second-order valence-corrected chi connectivity index (χ2v) is 6.06. The Morgan fingerprint density at radius 3 is 2.40 bits per heavy atom. The summed E-state index contributed by atoms with van der Waals surface area (Å²) in [4.78, 5) is 2.04. The zero-order valence-corrected chi connectivity index (χ0v) is 10.9. The van der Waals surface area contributed by atoms with Crippen LogP contribution in [0.1, 0.15) is 33.0 Å². The summed E-state index contributed by atoms with van der Waals surface area (Å²) in [5, 5.41) is 0. The first-order valence-electron chi connectivity index (χ1n) is 4.57. The van der Waals surface area contributed by atoms with Crippen molar-refractivity contribution in [2.75, 3.05) is 0 Å². The number of halogens is 4. The van der Waals surface area contributed by atoms with Gasteiger partial charge in [0, 0.05) is 21.0 Å². The van der Waals surface area contributed by atoms with Crippen LogP contribution in [0.25, 0.3) is 0 Å². The van der Waals surface area contributed by atoms with Crippen molar-refractivity contribution in [3.8, 4) is 0 Å². The monoisotopic (exact) mass is 300 g/mol. The molecule has 1 heterocycles. The maximum atomic E-state index is 12.0. The third kappa shape index (κ3) is 4.15. The van der Waals surface area contributed by atoms with Crippen molar-refractivity contribution in [1.29, 1.82) is 0 Å². The van der Waals surface area contributed by atoms with Gasteiger partial charge in [-0.3, -0.25) is 0 Å². The van der Waals surface area contributed by atoms with Crippen molar-refractivity contribution in [2.24, 2.45) is 0 Å². The molecule has 0 fully saturated rings. The van der Waals surface area contributed by atoms with Crippen LogP contribution in [-0.2, 0) is 0 Å². The zero-order valence-electron chi connectivity index (χ0n) is 8.49. The van der Waals surface area contributed by atoms with Gasteiger partial charge in [0.1, 0.15) is 0 Å². The first-order valence-corrected chi connectivity index (χ1v) is 6.30. The summed E-state index contributed by atoms with van der Waals surface area (Å²) < 4.78 is 36.1. The SMILES string of the molecule is Cc1cc(C(Br)CCC(F)(F)F)c(C)s1. The lowest BCUT2D eigenvalue weighted by atomic mass is 10.1. The maximum absolute atomic E-state index is 12.0. The van der Waals surface area contributed by atoms with Crippen molar-refractivity contribution in [2.45, 2.75) is 37.7 Å². The van der Waals surface area contributed by atoms with Gasteiger partial charge in [-0.2, -0.15) is 13.2 Å². The molecule has 0 amide bonds. The van der Waals surface area contributed by atoms with E-state index in [1.54, 1.807) is 11.3 Å². The van der Waals surface area contributed by atoms with E-state index in [4.69, 9.17) is 0 Å². The molecule has 0 saturated heterocycles. The van der Waals surface area contributed by atoms with Crippen molar-refractivity contribution < 1.29 is 13.2 Å². The molecular formula is C10H12BrF3S. The predicted octanol–water partition coefficient (Wildman–Crippen LogP) is 5.14. The Kier molecular flexibility index (Phi) is 4.23. The Balaban J connectivity index is 2.61. The third-order valence-electron chi connectivity index (χ3n) is 2.10. The zero-order chi connectivity index (χ0) is 11.6. The largest absolute Gasteiger partial charge is 0.389 e. The smallest absolute Gasteiger partial charge is 0.171 e. The molecule has 86 valence electrons. The molecule has 0 bridgehead atoms. The highest BCUT2D eigenvalue weighted by molar-refractivity contribution is 9.09. The van der Waals surface area contributed by atoms with Crippen LogP contribution in [0.2, 0.25) is 0 Å². The maximum Gasteiger partial charge on any atom is 0.389 e. The van der Waals surface area contributed by atoms with Gasteiger partial charge in [-0.1, -0.05) is 15.9 Å². The van der Waals surface area contributed by atoms with E-state index in [1.807, 2.05) is 19.9 Å². The minimum Gasteiger partial charge on any atom is -0.171 e. The predicted molar refractivity (Wildman–Crippen MR) is 60.8 cm³/mol. The molecule has 0 aliphatic carbocycles. The highest BCUT2D eigenvalue weighted by atomic mass is 79.9. The van der Waals surface area contributed by atoms with Gasteiger partial charge in [-0.05, 0) is 31.9 Å². The summed E-state index contributed by atoms with van der Waals surface area (Å²) >= 11 is 4.93. The molecule has 0 aromatic carbocycles. The van der Waals surface area contributed by atoms with E-state index >= 15 is 0 Å². The molecule has 0 radical (unpaired) electrons. The number of rotatable bonds is 3. The second kappa shape index (κ2) is 4.87. The van der Waals surface area contributed by atoms with E-state index < -0.39 is 12.6 Å². The fraction of sp³-hybridized carbons (Fsp3) is 0.600. The topological polar surface area (TPSA) is 0 Å². The molecular weight excluding hydrogens is 289 g/mol. The number of hydrogen-bond donors (Lipinski definition) is 0. The summed E-state index contributed by atoms with van der Waals surface area (Å²) in [5.74, 6) is 0. The lowest BCUT2D eigenvalue weighted by Gasteiger charge is -2.11. The molecule has 1 rings (SSSR count). The minimum atomic E-state index is -4.06. The summed E-state index contributed by atoms with van der Waals surface area (Å²) in [5.41, 5.74) is 0.988. The number of aryl methyl sites for hydroxylation is 2. The molecule has 5 heteroatoms. The van der Waals surface area contributed by atoms with Gasteiger partial charge in [-0.15, -0.1) is 11.3 Å². The van der Waals surface area contributed by atoms with Gasteiger partial charge >= 0.3 is 6.18 Å². The Morgan fingerprint density at radius 1 is 1.40 bits per heavy atom. The highest BCUT2D eigenvalue weighted by Crippen LogP contribution is 2.37. The summed E-state index contributed by atoms with van der Waals surface area (Å²) in [7, 11) is 0. The van der Waals surface area contributed by atoms with Crippen molar-refractivity contribution in [3.63, 3.8) is 0 Å². The van der Waals surface area contributed by atoms with Crippen LogP contribution < -0.4 is 0 Å². The fourth-order valence-electron chi connectivity index (χ4n) is 1.41. The molecule has 0 saturated carbocycles. The summed E-state index contributed by atoms with van der Waals surface area (Å²) in [6.07, 6.45) is -4.71. The van der Waals surface area contributed by atoms with Crippen LogP contribution in [0, 0.1) is 13.8 Å². The van der Waals surface area contributed by atoms with E-state index in [0.29, 0.717) is 0 Å². The van der Waals surface area contributed by atoms with Crippen LogP contribution in [0.4, 0.5) is 13.2 Å². The second-order valence-electron chi connectivity index (χ2n) is 3.49. The van der Waals surface area contributed by atoms with E-state index in [0.717, 1.165) is 15.3 Å². The molecule has 0 aliphatic rings. The molecule has 1 unspecified atom stereocenters. The van der Waals surface area contributed by atoms with Crippen molar-refractivity contribution in [1.82, 2.24) is 0 Å². The quantitative estimate of drug-likeness (QED) is 0.678. The van der Waals surface area contributed by atoms with Gasteiger partial charge in [-0.25, -0.2) is 0 Å². The first-order chi connectivity index (χ1) is 6.79. The van der Waals surface area contributed by atoms with Crippen LogP contribution >= 0.6 is 27.3 Å². The average molecular weight is 301 g/mol. The molecule has 1 atom stereocenters. The van der Waals surface area contributed by atoms with Crippen molar-refractivity contribution >= 4 is 27.3 Å². The molecule has 0 nitrogen and oxygen atoms in total. The molecule has 0 N–H and O–H groups in total. The van der Waals surface area contributed by atoms with Crippen LogP contribution in [0.5, 0.6) is 0 Å². The van der Waals surface area contributed by atoms with E-state index in [9.17, 15) is 13.2 Å². The van der Waals surface area contributed by atoms with E-state index in [2.05, 4.69) is 15.9 Å². The highest BCUT2D eigenvalue weighted by Gasteiger charge is 2.28. The van der Waals surface area contributed by atoms with E-state index in [-0.39, 0.29) is 11.2 Å². The number of thiophene rings is 1. The number of hydrogen-bond acceptors (Lipinski definition) is 1. The Morgan fingerprint density at radius 2 is 2.00 bits per heavy atom. The molecule has 0 spiro atoms. The Bertz CT molecular complexity index is 330. The van der Waals surface area contributed by atoms with Crippen LogP contribution in [0.3, 0.4) is 0 Å². The normalized spacial score (nSPS) is 14.3. The van der Waals surface area contributed by atoms with Gasteiger partial charge in [0.2, 0.25) is 0 Å². The first kappa shape index (κ1) is 13.0. The van der Waals surface area contributed by atoms with Crippen LogP contribution in [-0.4, -0.2) is 6.18 Å². The van der Waals surface area contributed by atoms with Crippen molar-refractivity contribution in [3.05, 3.63) is 21.4 Å².